The maximum Gasteiger partial charge on any atom is 0.387 e. The molecule has 3 amide bonds. The van der Waals surface area contributed by atoms with E-state index in [9.17, 15) is 23.2 Å². The molecule has 3 rings (SSSR count). The van der Waals surface area contributed by atoms with E-state index in [0.29, 0.717) is 25.9 Å². The van der Waals surface area contributed by atoms with Gasteiger partial charge < -0.3 is 25.0 Å². The summed E-state index contributed by atoms with van der Waals surface area (Å²) in [5.41, 5.74) is 0.149. The first-order valence-electron chi connectivity index (χ1n) is 11.4. The molecule has 0 aromatic heterocycles. The number of ether oxygens (including phenoxy) is 2. The minimum atomic E-state index is -3.01. The Morgan fingerprint density at radius 1 is 1.06 bits per heavy atom. The number of benzene rings is 1. The second-order valence-electron chi connectivity index (χ2n) is 8.43. The average molecular weight is 468 g/mol. The van der Waals surface area contributed by atoms with Crippen molar-refractivity contribution in [3.05, 3.63) is 23.8 Å². The van der Waals surface area contributed by atoms with Crippen LogP contribution in [0.3, 0.4) is 0 Å². The molecular weight excluding hydrogens is 436 g/mol. The zero-order valence-electron chi connectivity index (χ0n) is 18.8. The van der Waals surface area contributed by atoms with Crippen LogP contribution >= 0.6 is 0 Å². The Bertz CT molecular complexity index is 837. The second-order valence-corrected chi connectivity index (χ2v) is 8.43. The summed E-state index contributed by atoms with van der Waals surface area (Å²) in [4.78, 5) is 39.2. The molecule has 1 heterocycles. The Balaban J connectivity index is 1.41. The van der Waals surface area contributed by atoms with Crippen molar-refractivity contribution in [2.75, 3.05) is 26.7 Å². The minimum absolute atomic E-state index is 0.0121. The van der Waals surface area contributed by atoms with E-state index in [4.69, 9.17) is 4.74 Å². The lowest BCUT2D eigenvalue weighted by Crippen LogP contribution is -2.49. The van der Waals surface area contributed by atoms with Gasteiger partial charge in [-0.15, -0.1) is 0 Å². The maximum atomic E-state index is 12.7. The summed E-state index contributed by atoms with van der Waals surface area (Å²) in [6, 6.07) is 3.74. The number of methoxy groups -OCH3 is 1. The molecule has 1 aromatic carbocycles. The Morgan fingerprint density at radius 3 is 2.39 bits per heavy atom. The van der Waals surface area contributed by atoms with Crippen LogP contribution in [-0.2, 0) is 9.59 Å². The first-order valence-corrected chi connectivity index (χ1v) is 11.4. The van der Waals surface area contributed by atoms with Crippen molar-refractivity contribution >= 4 is 17.7 Å². The maximum absolute atomic E-state index is 12.7. The fourth-order valence-electron chi connectivity index (χ4n) is 4.40. The molecule has 1 aliphatic heterocycles. The summed E-state index contributed by atoms with van der Waals surface area (Å²) in [6.45, 7) is -1.99. The van der Waals surface area contributed by atoms with Gasteiger partial charge in [0.2, 0.25) is 11.8 Å². The Hall–Kier alpha value is -2.91. The smallest absolute Gasteiger partial charge is 0.387 e. The van der Waals surface area contributed by atoms with Crippen LogP contribution in [0.1, 0.15) is 55.3 Å². The van der Waals surface area contributed by atoms with E-state index >= 15 is 0 Å². The van der Waals surface area contributed by atoms with Gasteiger partial charge in [-0.1, -0.05) is 19.3 Å². The molecule has 8 nitrogen and oxygen atoms in total. The van der Waals surface area contributed by atoms with Crippen LogP contribution in [-0.4, -0.2) is 62.0 Å². The molecule has 2 N–H and O–H groups in total. The van der Waals surface area contributed by atoms with Gasteiger partial charge in [-0.05, 0) is 43.9 Å². The number of alkyl halides is 2. The van der Waals surface area contributed by atoms with Gasteiger partial charge in [-0.25, -0.2) is 0 Å². The van der Waals surface area contributed by atoms with Crippen LogP contribution in [0.5, 0.6) is 11.5 Å². The van der Waals surface area contributed by atoms with Gasteiger partial charge in [0.1, 0.15) is 0 Å². The minimum Gasteiger partial charge on any atom is -0.493 e. The van der Waals surface area contributed by atoms with Crippen LogP contribution in [0.4, 0.5) is 8.78 Å². The van der Waals surface area contributed by atoms with Crippen LogP contribution in [0.15, 0.2) is 18.2 Å². The van der Waals surface area contributed by atoms with Gasteiger partial charge in [-0.2, -0.15) is 8.78 Å². The van der Waals surface area contributed by atoms with E-state index in [-0.39, 0.29) is 47.4 Å². The van der Waals surface area contributed by atoms with Crippen LogP contribution in [0.2, 0.25) is 0 Å². The first kappa shape index (κ1) is 24.7. The standard InChI is InChI=1S/C23H31F2N3O5/c1-32-19-13-16(7-8-18(19)33-23(24)25)21(30)26-14-20(29)27-17-9-11-28(12-10-17)22(31)15-5-3-2-4-6-15/h7-8,13,15,17,23H,2-6,9-12,14H2,1H3,(H,26,30)(H,27,29). The SMILES string of the molecule is COc1cc(C(=O)NCC(=O)NC2CCN(C(=O)C3CCCCC3)CC2)ccc1OC(F)F. The highest BCUT2D eigenvalue weighted by Crippen LogP contribution is 2.29. The second kappa shape index (κ2) is 11.8. The highest BCUT2D eigenvalue weighted by molar-refractivity contribution is 5.97. The highest BCUT2D eigenvalue weighted by atomic mass is 19.3. The molecular formula is C23H31F2N3O5. The van der Waals surface area contributed by atoms with Gasteiger partial charge in [0, 0.05) is 30.6 Å². The zero-order chi connectivity index (χ0) is 23.8. The largest absolute Gasteiger partial charge is 0.493 e. The van der Waals surface area contributed by atoms with Gasteiger partial charge >= 0.3 is 6.61 Å². The molecule has 1 aliphatic carbocycles. The van der Waals surface area contributed by atoms with Gasteiger partial charge in [-0.3, -0.25) is 14.4 Å². The number of rotatable bonds is 8. The topological polar surface area (TPSA) is 97.0 Å². The summed E-state index contributed by atoms with van der Waals surface area (Å²) in [5.74, 6) is -0.677. The number of hydrogen-bond acceptors (Lipinski definition) is 5. The van der Waals surface area contributed by atoms with Gasteiger partial charge in [0.15, 0.2) is 11.5 Å². The highest BCUT2D eigenvalue weighted by Gasteiger charge is 2.29. The third-order valence-electron chi connectivity index (χ3n) is 6.18. The number of carbonyl (C=O) groups is 3. The molecule has 0 spiro atoms. The fourth-order valence-corrected chi connectivity index (χ4v) is 4.40. The quantitative estimate of drug-likeness (QED) is 0.613. The summed E-state index contributed by atoms with van der Waals surface area (Å²) in [6.07, 6.45) is 6.76. The van der Waals surface area contributed by atoms with Crippen molar-refractivity contribution in [1.29, 1.82) is 0 Å². The van der Waals surface area contributed by atoms with E-state index in [1.54, 1.807) is 0 Å². The van der Waals surface area contributed by atoms with E-state index in [2.05, 4.69) is 15.4 Å². The summed E-state index contributed by atoms with van der Waals surface area (Å²) >= 11 is 0. The number of amides is 3. The number of likely N-dealkylation sites (tertiary alicyclic amines) is 1. The molecule has 1 aromatic rings. The van der Waals surface area contributed by atoms with Crippen molar-refractivity contribution in [3.63, 3.8) is 0 Å². The molecule has 0 radical (unpaired) electrons. The number of carbonyl (C=O) groups excluding carboxylic acids is 3. The monoisotopic (exact) mass is 467 g/mol. The molecule has 182 valence electrons. The van der Waals surface area contributed by atoms with Crippen LogP contribution in [0, 0.1) is 5.92 Å². The fraction of sp³-hybridized carbons (Fsp3) is 0.609. The summed E-state index contributed by atoms with van der Waals surface area (Å²) < 4.78 is 34.2. The van der Waals surface area contributed by atoms with Crippen molar-refractivity contribution in [2.45, 2.75) is 57.6 Å². The molecule has 2 fully saturated rings. The van der Waals surface area contributed by atoms with E-state index in [0.717, 1.165) is 25.7 Å². The number of nitrogens with zero attached hydrogens (tertiary/aromatic N) is 1. The summed E-state index contributed by atoms with van der Waals surface area (Å²) in [7, 11) is 1.27. The molecule has 0 bridgehead atoms. The number of halogens is 2. The molecule has 33 heavy (non-hydrogen) atoms. The van der Waals surface area contributed by atoms with Gasteiger partial charge in [0.25, 0.3) is 5.91 Å². The first-order chi connectivity index (χ1) is 15.9. The van der Waals surface area contributed by atoms with Crippen molar-refractivity contribution < 1.29 is 32.6 Å². The molecule has 10 heteroatoms. The Kier molecular flexibility index (Phi) is 8.85. The Labute approximate surface area is 192 Å². The molecule has 0 unspecified atom stereocenters. The average Bonchev–Trinajstić information content (AvgIpc) is 2.83. The Morgan fingerprint density at radius 2 is 1.76 bits per heavy atom. The molecule has 1 saturated carbocycles. The lowest BCUT2D eigenvalue weighted by atomic mass is 9.87. The van der Waals surface area contributed by atoms with E-state index < -0.39 is 12.5 Å². The predicted molar refractivity (Wildman–Crippen MR) is 116 cm³/mol. The predicted octanol–water partition coefficient (Wildman–Crippen LogP) is 2.71. The van der Waals surface area contributed by atoms with Crippen LogP contribution in [0.25, 0.3) is 0 Å². The third-order valence-corrected chi connectivity index (χ3v) is 6.18. The third kappa shape index (κ3) is 7.03. The van der Waals surface area contributed by atoms with E-state index in [1.807, 2.05) is 4.90 Å². The zero-order valence-corrected chi connectivity index (χ0v) is 18.8. The van der Waals surface area contributed by atoms with Crippen LogP contribution < -0.4 is 20.1 Å². The number of piperidine rings is 1. The molecule has 1 saturated heterocycles. The molecule has 0 atom stereocenters. The molecule has 2 aliphatic rings. The number of hydrogen-bond donors (Lipinski definition) is 2. The van der Waals surface area contributed by atoms with Crippen molar-refractivity contribution in [1.82, 2.24) is 15.5 Å². The van der Waals surface area contributed by atoms with E-state index in [1.165, 1.54) is 31.7 Å². The summed E-state index contributed by atoms with van der Waals surface area (Å²) in [5, 5.41) is 5.41. The van der Waals surface area contributed by atoms with Crippen molar-refractivity contribution in [2.24, 2.45) is 5.92 Å². The lowest BCUT2D eigenvalue weighted by Gasteiger charge is -2.35. The normalized spacial score (nSPS) is 17.5. The van der Waals surface area contributed by atoms with Gasteiger partial charge in [0.05, 0.1) is 13.7 Å². The lowest BCUT2D eigenvalue weighted by molar-refractivity contribution is -0.137. The number of nitrogens with one attached hydrogen (secondary N) is 2. The van der Waals surface area contributed by atoms with Crippen molar-refractivity contribution in [3.8, 4) is 11.5 Å².